The Morgan fingerprint density at radius 3 is 3.00 bits per heavy atom. The predicted molar refractivity (Wildman–Crippen MR) is 119 cm³/mol. The largest absolute Gasteiger partial charge is 0.464 e. The van der Waals surface area contributed by atoms with E-state index in [2.05, 4.69) is 20.2 Å². The van der Waals surface area contributed by atoms with E-state index < -0.39 is 0 Å². The van der Waals surface area contributed by atoms with Crippen molar-refractivity contribution >= 4 is 44.9 Å². The first kappa shape index (κ1) is 19.1. The van der Waals surface area contributed by atoms with E-state index in [9.17, 15) is 4.79 Å². The maximum atomic E-state index is 12.8. The number of thiophene rings is 1. The molecule has 10 heteroatoms. The monoisotopic (exact) mass is 455 g/mol. The van der Waals surface area contributed by atoms with Gasteiger partial charge in [-0.1, -0.05) is 29.4 Å². The van der Waals surface area contributed by atoms with Gasteiger partial charge in [0, 0.05) is 16.0 Å². The van der Waals surface area contributed by atoms with E-state index in [4.69, 9.17) is 16.0 Å². The Bertz CT molecular complexity index is 1390. The molecular formula is C20H14ClN5O2S2. The van der Waals surface area contributed by atoms with E-state index >= 15 is 0 Å². The van der Waals surface area contributed by atoms with Crippen molar-refractivity contribution in [2.75, 3.05) is 0 Å². The zero-order chi connectivity index (χ0) is 20.7. The smallest absolute Gasteiger partial charge is 0.260 e. The molecule has 4 aromatic heterocycles. The number of rotatable bonds is 5. The molecule has 0 fully saturated rings. The third kappa shape index (κ3) is 3.45. The van der Waals surface area contributed by atoms with Crippen molar-refractivity contribution in [2.24, 2.45) is 0 Å². The van der Waals surface area contributed by atoms with Crippen LogP contribution in [0.25, 0.3) is 27.2 Å². The zero-order valence-corrected chi connectivity index (χ0v) is 18.0. The molecule has 1 unspecified atom stereocenters. The highest BCUT2D eigenvalue weighted by Crippen LogP contribution is 2.35. The first-order valence-corrected chi connectivity index (χ1v) is 11.1. The van der Waals surface area contributed by atoms with Gasteiger partial charge in [-0.2, -0.15) is 0 Å². The second kappa shape index (κ2) is 7.75. The summed E-state index contributed by atoms with van der Waals surface area (Å²) in [4.78, 5) is 21.1. The quantitative estimate of drug-likeness (QED) is 0.360. The number of thioether (sulfide) groups is 1. The molecule has 150 valence electrons. The van der Waals surface area contributed by atoms with Gasteiger partial charge in [0.1, 0.15) is 22.7 Å². The van der Waals surface area contributed by atoms with Crippen molar-refractivity contribution in [2.45, 2.75) is 17.3 Å². The molecule has 0 saturated carbocycles. The van der Waals surface area contributed by atoms with Crippen LogP contribution in [0.2, 0.25) is 5.02 Å². The number of nitrogens with zero attached hydrogens (tertiary/aromatic N) is 4. The maximum absolute atomic E-state index is 12.8. The molecule has 0 aliphatic carbocycles. The topological polar surface area (TPSA) is 89.6 Å². The Labute approximate surface area is 183 Å². The molecule has 0 amide bonds. The lowest BCUT2D eigenvalue weighted by Crippen LogP contribution is -2.12. The molecule has 1 aromatic carbocycles. The van der Waals surface area contributed by atoms with Crippen molar-refractivity contribution in [3.8, 4) is 17.0 Å². The summed E-state index contributed by atoms with van der Waals surface area (Å²) in [6, 6.07) is 11.1. The van der Waals surface area contributed by atoms with Crippen LogP contribution in [0, 0.1) is 0 Å². The van der Waals surface area contributed by atoms with E-state index in [-0.39, 0.29) is 10.8 Å². The van der Waals surface area contributed by atoms with Crippen LogP contribution in [0.1, 0.15) is 18.0 Å². The van der Waals surface area contributed by atoms with Gasteiger partial charge in [0.2, 0.25) is 0 Å². The van der Waals surface area contributed by atoms with Crippen molar-refractivity contribution in [3.05, 3.63) is 75.6 Å². The van der Waals surface area contributed by atoms with Crippen LogP contribution in [0.4, 0.5) is 0 Å². The van der Waals surface area contributed by atoms with Gasteiger partial charge in [-0.15, -0.1) is 21.5 Å². The summed E-state index contributed by atoms with van der Waals surface area (Å²) in [7, 11) is 0. The number of benzene rings is 1. The molecule has 1 atom stereocenters. The van der Waals surface area contributed by atoms with Crippen molar-refractivity contribution in [1.29, 1.82) is 0 Å². The van der Waals surface area contributed by atoms with Crippen LogP contribution in [0.15, 0.2) is 68.7 Å². The molecule has 0 aliphatic rings. The Balaban J connectivity index is 1.47. The van der Waals surface area contributed by atoms with Gasteiger partial charge < -0.3 is 9.40 Å². The van der Waals surface area contributed by atoms with Gasteiger partial charge in [0.25, 0.3) is 5.56 Å². The number of fused-ring (bicyclic) bond motifs is 1. The number of aromatic nitrogens is 5. The fraction of sp³-hybridized carbons (Fsp3) is 0.100. The molecule has 0 bridgehead atoms. The minimum absolute atomic E-state index is 0.154. The molecule has 5 rings (SSSR count). The minimum atomic E-state index is -0.189. The van der Waals surface area contributed by atoms with Crippen LogP contribution < -0.4 is 5.56 Å². The Morgan fingerprint density at radius 2 is 2.20 bits per heavy atom. The lowest BCUT2D eigenvalue weighted by Gasteiger charge is -2.11. The molecule has 4 heterocycles. The number of nitrogens with one attached hydrogen (secondary N) is 1. The molecule has 5 aromatic rings. The predicted octanol–water partition coefficient (Wildman–Crippen LogP) is 5.33. The van der Waals surface area contributed by atoms with Crippen LogP contribution in [0.3, 0.4) is 0 Å². The molecule has 30 heavy (non-hydrogen) atoms. The van der Waals surface area contributed by atoms with Gasteiger partial charge >= 0.3 is 0 Å². The third-order valence-corrected chi connectivity index (χ3v) is 6.69. The normalized spacial score (nSPS) is 12.5. The highest BCUT2D eigenvalue weighted by atomic mass is 35.5. The standard InChI is InChI=1S/C20H14ClN5O2S2/c1-11(30-20-25-22-10-26(20)13-5-2-4-12(21)8-13)17-23-18(27)16-14(9-29-19(16)24-17)15-6-3-7-28-15/h2-11H,1H3,(H,23,24,27). The molecular weight excluding hydrogens is 442 g/mol. The summed E-state index contributed by atoms with van der Waals surface area (Å²) < 4.78 is 7.30. The van der Waals surface area contributed by atoms with Crippen LogP contribution in [-0.2, 0) is 0 Å². The number of furan rings is 1. The second-order valence-electron chi connectivity index (χ2n) is 6.48. The number of hydrogen-bond acceptors (Lipinski definition) is 7. The summed E-state index contributed by atoms with van der Waals surface area (Å²) in [5.74, 6) is 1.23. The van der Waals surface area contributed by atoms with Gasteiger partial charge in [-0.05, 0) is 37.3 Å². The maximum Gasteiger partial charge on any atom is 0.260 e. The summed E-state index contributed by atoms with van der Waals surface area (Å²) in [5, 5.41) is 11.8. The number of H-pyrrole nitrogens is 1. The van der Waals surface area contributed by atoms with E-state index in [1.807, 2.05) is 47.2 Å². The van der Waals surface area contributed by atoms with Gasteiger partial charge in [-0.25, -0.2) is 4.98 Å². The number of halogens is 1. The Kier molecular flexibility index (Phi) is 4.93. The Morgan fingerprint density at radius 1 is 1.30 bits per heavy atom. The second-order valence-corrected chi connectivity index (χ2v) is 9.08. The fourth-order valence-electron chi connectivity index (χ4n) is 3.09. The molecule has 1 N–H and O–H groups in total. The van der Waals surface area contributed by atoms with E-state index in [1.165, 1.54) is 23.1 Å². The Hall–Kier alpha value is -2.88. The first-order valence-electron chi connectivity index (χ1n) is 8.98. The van der Waals surface area contributed by atoms with E-state index in [0.717, 1.165) is 11.3 Å². The highest BCUT2D eigenvalue weighted by Gasteiger charge is 2.19. The van der Waals surface area contributed by atoms with Crippen LogP contribution >= 0.6 is 34.7 Å². The summed E-state index contributed by atoms with van der Waals surface area (Å²) in [6.07, 6.45) is 3.22. The summed E-state index contributed by atoms with van der Waals surface area (Å²) in [5.41, 5.74) is 1.42. The average molecular weight is 456 g/mol. The highest BCUT2D eigenvalue weighted by molar-refractivity contribution is 7.99. The molecule has 0 aliphatic heterocycles. The summed E-state index contributed by atoms with van der Waals surface area (Å²) in [6.45, 7) is 1.97. The van der Waals surface area contributed by atoms with Crippen molar-refractivity contribution < 1.29 is 4.42 Å². The van der Waals surface area contributed by atoms with E-state index in [1.54, 1.807) is 18.7 Å². The van der Waals surface area contributed by atoms with Crippen LogP contribution in [0.5, 0.6) is 0 Å². The molecule has 0 spiro atoms. The number of aromatic amines is 1. The SMILES string of the molecule is CC(Sc1nncn1-c1cccc(Cl)c1)c1nc2scc(-c3ccco3)c2c(=O)[nH]1. The lowest BCUT2D eigenvalue weighted by atomic mass is 10.2. The lowest BCUT2D eigenvalue weighted by molar-refractivity contribution is 0.583. The van der Waals surface area contributed by atoms with Gasteiger partial charge in [0.15, 0.2) is 5.16 Å². The fourth-order valence-corrected chi connectivity index (χ4v) is 5.11. The van der Waals surface area contributed by atoms with Crippen LogP contribution in [-0.4, -0.2) is 24.7 Å². The summed E-state index contributed by atoms with van der Waals surface area (Å²) >= 11 is 8.98. The zero-order valence-electron chi connectivity index (χ0n) is 15.6. The molecule has 0 radical (unpaired) electrons. The van der Waals surface area contributed by atoms with Gasteiger partial charge in [-0.3, -0.25) is 9.36 Å². The average Bonchev–Trinajstić information content (AvgIpc) is 3.48. The number of hydrogen-bond donors (Lipinski definition) is 1. The molecule has 0 saturated heterocycles. The third-order valence-electron chi connectivity index (χ3n) is 4.52. The minimum Gasteiger partial charge on any atom is -0.464 e. The molecule has 7 nitrogen and oxygen atoms in total. The van der Waals surface area contributed by atoms with Gasteiger partial charge in [0.05, 0.1) is 22.6 Å². The van der Waals surface area contributed by atoms with Crippen molar-refractivity contribution in [1.82, 2.24) is 24.7 Å². The first-order chi connectivity index (χ1) is 14.6. The van der Waals surface area contributed by atoms with E-state index in [0.29, 0.717) is 32.0 Å². The van der Waals surface area contributed by atoms with Crippen molar-refractivity contribution in [3.63, 3.8) is 0 Å².